The Morgan fingerprint density at radius 1 is 1.33 bits per heavy atom. The van der Waals surface area contributed by atoms with Gasteiger partial charge in [-0.25, -0.2) is 0 Å². The predicted octanol–water partition coefficient (Wildman–Crippen LogP) is 2.89. The molecule has 2 rings (SSSR count). The van der Waals surface area contributed by atoms with Gasteiger partial charge in [0.1, 0.15) is 5.75 Å². The average molecular weight is 205 g/mol. The highest BCUT2D eigenvalue weighted by Gasteiger charge is 2.43. The molecule has 1 aromatic rings. The van der Waals surface area contributed by atoms with Crippen molar-refractivity contribution in [2.75, 3.05) is 6.61 Å². The first-order chi connectivity index (χ1) is 7.15. The molecule has 0 aliphatic heterocycles. The standard InChI is InChI=1S/C13H19NO/c1-3-15-11-6-4-10(5-7-11)12(14)13(2)8-9-13/h4-7,12H,3,8-9,14H2,1-2H3. The van der Waals surface area contributed by atoms with Crippen LogP contribution in [0.1, 0.15) is 38.3 Å². The van der Waals surface area contributed by atoms with Crippen LogP contribution in [0.25, 0.3) is 0 Å². The van der Waals surface area contributed by atoms with Crippen molar-refractivity contribution < 1.29 is 4.74 Å². The average Bonchev–Trinajstić information content (AvgIpc) is 2.99. The molecule has 0 amide bonds. The lowest BCUT2D eigenvalue weighted by molar-refractivity contribution is 0.340. The summed E-state index contributed by atoms with van der Waals surface area (Å²) in [6.45, 7) is 4.96. The summed E-state index contributed by atoms with van der Waals surface area (Å²) in [5, 5.41) is 0. The lowest BCUT2D eigenvalue weighted by Gasteiger charge is -2.19. The van der Waals surface area contributed by atoms with Crippen molar-refractivity contribution in [1.29, 1.82) is 0 Å². The molecular formula is C13H19NO. The van der Waals surface area contributed by atoms with E-state index in [4.69, 9.17) is 10.5 Å². The summed E-state index contributed by atoms with van der Waals surface area (Å²) in [5.41, 5.74) is 7.78. The zero-order chi connectivity index (χ0) is 10.9. The van der Waals surface area contributed by atoms with E-state index >= 15 is 0 Å². The fourth-order valence-electron chi connectivity index (χ4n) is 1.85. The van der Waals surface area contributed by atoms with E-state index in [1.54, 1.807) is 0 Å². The summed E-state index contributed by atoms with van der Waals surface area (Å²) in [4.78, 5) is 0. The largest absolute Gasteiger partial charge is 0.494 e. The van der Waals surface area contributed by atoms with Gasteiger partial charge in [0.25, 0.3) is 0 Å². The second kappa shape index (κ2) is 3.86. The monoisotopic (exact) mass is 205 g/mol. The fourth-order valence-corrected chi connectivity index (χ4v) is 1.85. The second-order valence-electron chi connectivity index (χ2n) is 4.63. The van der Waals surface area contributed by atoms with E-state index in [2.05, 4.69) is 19.1 Å². The molecule has 15 heavy (non-hydrogen) atoms. The highest BCUT2D eigenvalue weighted by Crippen LogP contribution is 2.53. The van der Waals surface area contributed by atoms with E-state index in [1.165, 1.54) is 18.4 Å². The van der Waals surface area contributed by atoms with E-state index < -0.39 is 0 Å². The number of hydrogen-bond acceptors (Lipinski definition) is 2. The van der Waals surface area contributed by atoms with Crippen LogP contribution >= 0.6 is 0 Å². The number of hydrogen-bond donors (Lipinski definition) is 1. The smallest absolute Gasteiger partial charge is 0.119 e. The highest BCUT2D eigenvalue weighted by molar-refractivity contribution is 5.30. The summed E-state index contributed by atoms with van der Waals surface area (Å²) in [5.74, 6) is 0.925. The maximum Gasteiger partial charge on any atom is 0.119 e. The number of nitrogens with two attached hydrogens (primary N) is 1. The minimum atomic E-state index is 0.174. The Bertz CT molecular complexity index is 327. The molecule has 1 aliphatic carbocycles. The van der Waals surface area contributed by atoms with Crippen molar-refractivity contribution in [3.63, 3.8) is 0 Å². The van der Waals surface area contributed by atoms with Crippen molar-refractivity contribution in [3.8, 4) is 5.75 Å². The van der Waals surface area contributed by atoms with Gasteiger partial charge in [0.15, 0.2) is 0 Å². The summed E-state index contributed by atoms with van der Waals surface area (Å²) >= 11 is 0. The Balaban J connectivity index is 2.09. The molecule has 0 saturated heterocycles. The van der Waals surface area contributed by atoms with Crippen LogP contribution in [0.5, 0.6) is 5.75 Å². The first kappa shape index (κ1) is 10.5. The lowest BCUT2D eigenvalue weighted by Crippen LogP contribution is -2.19. The van der Waals surface area contributed by atoms with Crippen LogP contribution in [0.3, 0.4) is 0 Å². The van der Waals surface area contributed by atoms with Crippen LogP contribution < -0.4 is 10.5 Å². The van der Waals surface area contributed by atoms with Gasteiger partial charge in [-0.05, 0) is 42.9 Å². The number of ether oxygens (including phenoxy) is 1. The van der Waals surface area contributed by atoms with Gasteiger partial charge in [-0.15, -0.1) is 0 Å². The lowest BCUT2D eigenvalue weighted by atomic mass is 9.93. The van der Waals surface area contributed by atoms with Crippen molar-refractivity contribution in [1.82, 2.24) is 0 Å². The van der Waals surface area contributed by atoms with Crippen molar-refractivity contribution in [2.45, 2.75) is 32.7 Å². The second-order valence-corrected chi connectivity index (χ2v) is 4.63. The minimum absolute atomic E-state index is 0.174. The molecule has 1 saturated carbocycles. The maximum atomic E-state index is 6.22. The maximum absolute atomic E-state index is 6.22. The van der Waals surface area contributed by atoms with Gasteiger partial charge in [0.2, 0.25) is 0 Å². The van der Waals surface area contributed by atoms with E-state index in [0.717, 1.165) is 5.75 Å². The Hall–Kier alpha value is -1.02. The van der Waals surface area contributed by atoms with Crippen molar-refractivity contribution in [3.05, 3.63) is 29.8 Å². The molecule has 0 bridgehead atoms. The first-order valence-electron chi connectivity index (χ1n) is 5.64. The Labute approximate surface area is 91.4 Å². The summed E-state index contributed by atoms with van der Waals surface area (Å²) < 4.78 is 5.40. The van der Waals surface area contributed by atoms with Crippen LogP contribution in [0.2, 0.25) is 0 Å². The Kier molecular flexibility index (Phi) is 2.70. The van der Waals surface area contributed by atoms with Gasteiger partial charge in [-0.2, -0.15) is 0 Å². The highest BCUT2D eigenvalue weighted by atomic mass is 16.5. The molecule has 1 fully saturated rings. The summed E-state index contributed by atoms with van der Waals surface area (Å²) in [7, 11) is 0. The SMILES string of the molecule is CCOc1ccc(C(N)C2(C)CC2)cc1. The van der Waals surface area contributed by atoms with Gasteiger partial charge in [-0.1, -0.05) is 19.1 Å². The Morgan fingerprint density at radius 3 is 2.40 bits per heavy atom. The quantitative estimate of drug-likeness (QED) is 0.820. The predicted molar refractivity (Wildman–Crippen MR) is 61.9 cm³/mol. The van der Waals surface area contributed by atoms with Crippen LogP contribution in [-0.2, 0) is 0 Å². The summed E-state index contributed by atoms with van der Waals surface area (Å²) in [6.07, 6.45) is 2.50. The molecule has 2 heteroatoms. The van der Waals surface area contributed by atoms with Gasteiger partial charge in [-0.3, -0.25) is 0 Å². The van der Waals surface area contributed by atoms with Crippen molar-refractivity contribution in [2.24, 2.45) is 11.1 Å². The molecule has 0 aromatic heterocycles. The topological polar surface area (TPSA) is 35.2 Å². The van der Waals surface area contributed by atoms with Crippen LogP contribution in [0, 0.1) is 5.41 Å². The molecule has 0 spiro atoms. The van der Waals surface area contributed by atoms with Crippen LogP contribution in [-0.4, -0.2) is 6.61 Å². The summed E-state index contributed by atoms with van der Waals surface area (Å²) in [6, 6.07) is 8.35. The minimum Gasteiger partial charge on any atom is -0.494 e. The molecule has 1 atom stereocenters. The van der Waals surface area contributed by atoms with Gasteiger partial charge >= 0.3 is 0 Å². The first-order valence-corrected chi connectivity index (χ1v) is 5.64. The van der Waals surface area contributed by atoms with Crippen molar-refractivity contribution >= 4 is 0 Å². The Morgan fingerprint density at radius 2 is 1.93 bits per heavy atom. The third kappa shape index (κ3) is 2.15. The molecule has 1 unspecified atom stereocenters. The molecule has 0 radical (unpaired) electrons. The molecule has 0 heterocycles. The van der Waals surface area contributed by atoms with Crippen LogP contribution in [0.15, 0.2) is 24.3 Å². The van der Waals surface area contributed by atoms with Gasteiger partial charge in [0, 0.05) is 6.04 Å². The number of rotatable bonds is 4. The zero-order valence-electron chi connectivity index (χ0n) is 9.49. The van der Waals surface area contributed by atoms with Gasteiger partial charge < -0.3 is 10.5 Å². The van der Waals surface area contributed by atoms with Crippen LogP contribution in [0.4, 0.5) is 0 Å². The third-order valence-corrected chi connectivity index (χ3v) is 3.34. The normalized spacial score (nSPS) is 19.7. The fraction of sp³-hybridized carbons (Fsp3) is 0.538. The molecule has 2 nitrogen and oxygen atoms in total. The van der Waals surface area contributed by atoms with E-state index in [-0.39, 0.29) is 6.04 Å². The molecule has 82 valence electrons. The molecule has 1 aromatic carbocycles. The molecule has 2 N–H and O–H groups in total. The molecule has 1 aliphatic rings. The van der Waals surface area contributed by atoms with E-state index in [0.29, 0.717) is 12.0 Å². The third-order valence-electron chi connectivity index (χ3n) is 3.34. The zero-order valence-corrected chi connectivity index (χ0v) is 9.49. The number of benzene rings is 1. The van der Waals surface area contributed by atoms with E-state index in [1.807, 2.05) is 19.1 Å². The van der Waals surface area contributed by atoms with Gasteiger partial charge in [0.05, 0.1) is 6.61 Å². The molecular weight excluding hydrogens is 186 g/mol. The van der Waals surface area contributed by atoms with E-state index in [9.17, 15) is 0 Å².